The summed E-state index contributed by atoms with van der Waals surface area (Å²) in [4.78, 5) is 51.4. The van der Waals surface area contributed by atoms with Crippen LogP contribution in [-0.4, -0.2) is 85.4 Å². The van der Waals surface area contributed by atoms with Gasteiger partial charge in [0, 0.05) is 23.0 Å². The van der Waals surface area contributed by atoms with Crippen LogP contribution in [-0.2, 0) is 25.6 Å². The van der Waals surface area contributed by atoms with Gasteiger partial charge in [0.25, 0.3) is 0 Å². The summed E-state index contributed by atoms with van der Waals surface area (Å²) in [5.41, 5.74) is -0.704. The number of aliphatic hydroxyl groups is 1. The van der Waals surface area contributed by atoms with E-state index in [0.29, 0.717) is 6.42 Å². The van der Waals surface area contributed by atoms with E-state index in [2.05, 4.69) is 34.3 Å². The predicted octanol–water partition coefficient (Wildman–Crippen LogP) is 2.79. The van der Waals surface area contributed by atoms with Gasteiger partial charge in [-0.25, -0.2) is 9.78 Å². The number of carboxylic acid groups (broad SMARTS) is 3. The Kier molecular flexibility index (Phi) is 12.5. The summed E-state index contributed by atoms with van der Waals surface area (Å²) in [7, 11) is 0. The molecule has 1 fully saturated rings. The van der Waals surface area contributed by atoms with Gasteiger partial charge in [-0.2, -0.15) is 0 Å². The summed E-state index contributed by atoms with van der Waals surface area (Å²) < 4.78 is 0. The number of benzene rings is 1. The molecule has 1 aliphatic rings. The molecule has 214 valence electrons. The van der Waals surface area contributed by atoms with Crippen molar-refractivity contribution in [3.05, 3.63) is 40.2 Å². The summed E-state index contributed by atoms with van der Waals surface area (Å²) in [6.07, 6.45) is 2.99. The van der Waals surface area contributed by atoms with Crippen molar-refractivity contribution in [3.63, 3.8) is 0 Å². The second-order valence-electron chi connectivity index (χ2n) is 9.56. The predicted molar refractivity (Wildman–Crippen MR) is 146 cm³/mol. The molecule has 12 heteroatoms. The van der Waals surface area contributed by atoms with E-state index in [4.69, 9.17) is 20.4 Å². The highest BCUT2D eigenvalue weighted by Crippen LogP contribution is 2.28. The fraction of sp³-hybridized carbons (Fsp3) is 0.519. The minimum absolute atomic E-state index is 0.106. The minimum atomic E-state index is -2.74. The van der Waals surface area contributed by atoms with Crippen LogP contribution in [0, 0.1) is 6.92 Å². The van der Waals surface area contributed by atoms with Gasteiger partial charge >= 0.3 is 17.9 Å². The summed E-state index contributed by atoms with van der Waals surface area (Å²) in [5, 5.41) is 38.1. The molecule has 5 N–H and O–H groups in total. The summed E-state index contributed by atoms with van der Waals surface area (Å²) in [6.45, 7) is 7.46. The van der Waals surface area contributed by atoms with Gasteiger partial charge in [-0.3, -0.25) is 14.4 Å². The molecule has 1 amide bonds. The normalized spacial score (nSPS) is 14.5. The van der Waals surface area contributed by atoms with E-state index < -0.39 is 36.4 Å². The first-order valence-corrected chi connectivity index (χ1v) is 13.7. The van der Waals surface area contributed by atoms with Gasteiger partial charge < -0.3 is 30.6 Å². The van der Waals surface area contributed by atoms with Crippen LogP contribution in [0.4, 0.5) is 0 Å². The number of nitrogens with one attached hydrogen (secondary N) is 1. The van der Waals surface area contributed by atoms with Crippen LogP contribution in [0.15, 0.2) is 30.3 Å². The molecule has 0 saturated carbocycles. The number of aromatic nitrogens is 1. The first-order chi connectivity index (χ1) is 18.4. The number of carbonyl (C=O) groups is 4. The topological polar surface area (TPSA) is 177 Å². The lowest BCUT2D eigenvalue weighted by molar-refractivity contribution is -0.170. The first-order valence-electron chi connectivity index (χ1n) is 12.9. The number of hydrogen-bond donors (Lipinski definition) is 5. The first kappa shape index (κ1) is 31.9. The maximum atomic E-state index is 12.7. The zero-order valence-corrected chi connectivity index (χ0v) is 23.1. The zero-order chi connectivity index (χ0) is 29.0. The number of carboxylic acids is 3. The van der Waals surface area contributed by atoms with Crippen LogP contribution in [0.25, 0.3) is 11.3 Å². The van der Waals surface area contributed by atoms with E-state index in [9.17, 15) is 19.2 Å². The molecule has 11 nitrogen and oxygen atoms in total. The van der Waals surface area contributed by atoms with Crippen molar-refractivity contribution in [1.82, 2.24) is 15.2 Å². The maximum absolute atomic E-state index is 12.7. The van der Waals surface area contributed by atoms with Gasteiger partial charge in [0.05, 0.1) is 30.0 Å². The second kappa shape index (κ2) is 15.3. The van der Waals surface area contributed by atoms with E-state index >= 15 is 0 Å². The average molecular weight is 564 g/mol. The molecule has 0 bridgehead atoms. The number of aliphatic carboxylic acids is 3. The molecular formula is C27H37N3O8S. The van der Waals surface area contributed by atoms with Crippen LogP contribution in [0.5, 0.6) is 0 Å². The van der Waals surface area contributed by atoms with E-state index in [1.165, 1.54) is 32.4 Å². The van der Waals surface area contributed by atoms with Crippen molar-refractivity contribution >= 4 is 35.2 Å². The third-order valence-corrected chi connectivity index (χ3v) is 7.21. The quantitative estimate of drug-likeness (QED) is 0.258. The fourth-order valence-corrected chi connectivity index (χ4v) is 5.24. The molecule has 3 rings (SSSR count). The molecule has 1 saturated heterocycles. The number of rotatable bonds is 12. The van der Waals surface area contributed by atoms with Crippen LogP contribution >= 0.6 is 11.3 Å². The van der Waals surface area contributed by atoms with Crippen LogP contribution in [0.1, 0.15) is 55.3 Å². The highest BCUT2D eigenvalue weighted by atomic mass is 32.1. The van der Waals surface area contributed by atoms with Crippen molar-refractivity contribution in [2.75, 3.05) is 19.6 Å². The van der Waals surface area contributed by atoms with Crippen molar-refractivity contribution in [2.45, 2.75) is 70.4 Å². The number of hydrogen-bond acceptors (Lipinski definition) is 8. The van der Waals surface area contributed by atoms with Crippen LogP contribution < -0.4 is 5.32 Å². The zero-order valence-electron chi connectivity index (χ0n) is 22.3. The Morgan fingerprint density at radius 1 is 1.03 bits per heavy atom. The molecule has 2 aromatic rings. The lowest BCUT2D eigenvalue weighted by Crippen LogP contribution is -2.45. The lowest BCUT2D eigenvalue weighted by Gasteiger charge is -2.30. The Labute approximate surface area is 231 Å². The van der Waals surface area contributed by atoms with Crippen molar-refractivity contribution in [3.8, 4) is 11.3 Å². The molecule has 1 aromatic heterocycles. The molecule has 1 atom stereocenters. The smallest absolute Gasteiger partial charge is 0.336 e. The second-order valence-corrected chi connectivity index (χ2v) is 10.8. The molecular weight excluding hydrogens is 526 g/mol. The number of aryl methyl sites for hydroxylation is 1. The highest BCUT2D eigenvalue weighted by molar-refractivity contribution is 7.12. The molecule has 1 aliphatic heterocycles. The van der Waals surface area contributed by atoms with E-state index in [1.54, 1.807) is 11.3 Å². The molecule has 0 radical (unpaired) electrons. The monoisotopic (exact) mass is 563 g/mol. The third-order valence-electron chi connectivity index (χ3n) is 6.24. The number of thiazole rings is 1. The van der Waals surface area contributed by atoms with Gasteiger partial charge in [-0.1, -0.05) is 43.7 Å². The Bertz CT molecular complexity index is 1100. The molecule has 0 aliphatic carbocycles. The largest absolute Gasteiger partial charge is 0.481 e. The average Bonchev–Trinajstić information content (AvgIpc) is 3.23. The van der Waals surface area contributed by atoms with Gasteiger partial charge in [0.15, 0.2) is 5.60 Å². The van der Waals surface area contributed by atoms with E-state index in [-0.39, 0.29) is 11.9 Å². The van der Waals surface area contributed by atoms with Gasteiger partial charge in [-0.15, -0.1) is 11.3 Å². The standard InChI is InChI=1S/C21H29N3OS.C6H8O7/c1-3-18(15-24-12-8-5-9-13-24)23-20(25)14-19-21(22-16(2)26-19)17-10-6-4-7-11-17;7-3(8)1-6(13,5(11)12)2-4(9)10/h4,6-7,10-11,18H,3,5,8-9,12-15H2,1-2H3,(H,23,25);13H,1-2H2,(H,7,8)(H,9,10)(H,11,12). The molecule has 39 heavy (non-hydrogen) atoms. The van der Waals surface area contributed by atoms with Gasteiger partial charge in [0.1, 0.15) is 0 Å². The van der Waals surface area contributed by atoms with Crippen LogP contribution in [0.2, 0.25) is 0 Å². The highest BCUT2D eigenvalue weighted by Gasteiger charge is 2.40. The summed E-state index contributed by atoms with van der Waals surface area (Å²) in [6, 6.07) is 10.4. The SMILES string of the molecule is CCC(CN1CCCCC1)NC(=O)Cc1sc(C)nc1-c1ccccc1.O=C(O)CC(O)(CC(=O)O)C(=O)O. The number of carbonyl (C=O) groups excluding carboxylic acids is 1. The summed E-state index contributed by atoms with van der Waals surface area (Å²) in [5.74, 6) is -4.91. The number of nitrogens with zero attached hydrogens (tertiary/aromatic N) is 2. The van der Waals surface area contributed by atoms with Crippen LogP contribution in [0.3, 0.4) is 0 Å². The molecule has 1 unspecified atom stereocenters. The van der Waals surface area contributed by atoms with Gasteiger partial charge in [-0.05, 0) is 39.3 Å². The maximum Gasteiger partial charge on any atom is 0.336 e. The Balaban J connectivity index is 0.000000349. The Morgan fingerprint density at radius 3 is 2.13 bits per heavy atom. The summed E-state index contributed by atoms with van der Waals surface area (Å²) >= 11 is 1.63. The Morgan fingerprint density at radius 2 is 1.62 bits per heavy atom. The van der Waals surface area contributed by atoms with E-state index in [0.717, 1.165) is 34.1 Å². The van der Waals surface area contributed by atoms with E-state index in [1.807, 2.05) is 25.1 Å². The minimum Gasteiger partial charge on any atom is -0.481 e. The number of piperidine rings is 1. The lowest BCUT2D eigenvalue weighted by atomic mass is 9.96. The molecule has 1 aromatic carbocycles. The number of amides is 1. The van der Waals surface area contributed by atoms with Crippen molar-refractivity contribution < 1.29 is 39.6 Å². The number of likely N-dealkylation sites (tertiary alicyclic amines) is 1. The Hall–Kier alpha value is -3.35. The third kappa shape index (κ3) is 10.7. The van der Waals surface area contributed by atoms with Gasteiger partial charge in [0.2, 0.25) is 5.91 Å². The van der Waals surface area contributed by atoms with Crippen molar-refractivity contribution in [1.29, 1.82) is 0 Å². The molecule has 2 heterocycles. The molecule has 0 spiro atoms. The fourth-order valence-electron chi connectivity index (χ4n) is 4.28. The van der Waals surface area contributed by atoms with Crippen molar-refractivity contribution in [2.24, 2.45) is 0 Å².